The quantitative estimate of drug-likeness (QED) is 0.853. The number of benzene rings is 1. The summed E-state index contributed by atoms with van der Waals surface area (Å²) in [6.45, 7) is 1.16. The molecule has 1 aromatic carbocycles. The predicted octanol–water partition coefficient (Wildman–Crippen LogP) is 1.71. The van der Waals surface area contributed by atoms with Crippen LogP contribution in [-0.2, 0) is 14.3 Å². The van der Waals surface area contributed by atoms with Crippen LogP contribution in [0.1, 0.15) is 24.5 Å². The maximum Gasteiger partial charge on any atom is 0.337 e. The Hall–Kier alpha value is -1.59. The minimum absolute atomic E-state index is 0.0584. The SMILES string of the molecule is O=C(O)C(OC1CCOCC1)c1ccccc1O. The summed E-state index contributed by atoms with van der Waals surface area (Å²) >= 11 is 0. The molecule has 2 rings (SSSR count). The van der Waals surface area contributed by atoms with Gasteiger partial charge in [-0.15, -0.1) is 0 Å². The lowest BCUT2D eigenvalue weighted by Gasteiger charge is -2.26. The number of ether oxygens (including phenoxy) is 2. The van der Waals surface area contributed by atoms with Gasteiger partial charge in [-0.2, -0.15) is 0 Å². The maximum atomic E-state index is 11.3. The van der Waals surface area contributed by atoms with Gasteiger partial charge >= 0.3 is 5.97 Å². The van der Waals surface area contributed by atoms with Crippen LogP contribution in [0.2, 0.25) is 0 Å². The number of phenolic OH excluding ortho intramolecular Hbond substituents is 1. The third kappa shape index (κ3) is 3.00. The lowest BCUT2D eigenvalue weighted by Crippen LogP contribution is -2.28. The molecule has 1 aromatic rings. The highest BCUT2D eigenvalue weighted by Gasteiger charge is 2.28. The van der Waals surface area contributed by atoms with Crippen LogP contribution < -0.4 is 0 Å². The molecule has 1 aliphatic heterocycles. The Balaban J connectivity index is 2.13. The average Bonchev–Trinajstić information content (AvgIpc) is 2.38. The molecule has 18 heavy (non-hydrogen) atoms. The number of hydrogen-bond donors (Lipinski definition) is 2. The van der Waals surface area contributed by atoms with Gasteiger partial charge in [-0.05, 0) is 18.9 Å². The largest absolute Gasteiger partial charge is 0.508 e. The molecule has 0 saturated carbocycles. The smallest absolute Gasteiger partial charge is 0.337 e. The van der Waals surface area contributed by atoms with Crippen LogP contribution in [-0.4, -0.2) is 35.5 Å². The summed E-state index contributed by atoms with van der Waals surface area (Å²) < 4.78 is 10.8. The maximum absolute atomic E-state index is 11.3. The fourth-order valence-corrected chi connectivity index (χ4v) is 1.98. The first-order valence-electron chi connectivity index (χ1n) is 5.92. The fraction of sp³-hybridized carbons (Fsp3) is 0.462. The molecule has 2 N–H and O–H groups in total. The van der Waals surface area contributed by atoms with Crippen molar-refractivity contribution in [1.82, 2.24) is 0 Å². The van der Waals surface area contributed by atoms with Crippen molar-refractivity contribution in [3.8, 4) is 5.75 Å². The van der Waals surface area contributed by atoms with Gasteiger partial charge in [-0.25, -0.2) is 4.79 Å². The van der Waals surface area contributed by atoms with E-state index in [2.05, 4.69) is 0 Å². The molecule has 0 bridgehead atoms. The highest BCUT2D eigenvalue weighted by molar-refractivity contribution is 5.75. The Bertz CT molecular complexity index is 412. The summed E-state index contributed by atoms with van der Waals surface area (Å²) in [7, 11) is 0. The minimum Gasteiger partial charge on any atom is -0.508 e. The lowest BCUT2D eigenvalue weighted by molar-refractivity contribution is -0.158. The van der Waals surface area contributed by atoms with Gasteiger partial charge in [-0.3, -0.25) is 0 Å². The molecule has 5 heteroatoms. The highest BCUT2D eigenvalue weighted by atomic mass is 16.5. The summed E-state index contributed by atoms with van der Waals surface area (Å²) in [6.07, 6.45) is 0.0862. The molecule has 1 atom stereocenters. The molecule has 1 aliphatic rings. The summed E-state index contributed by atoms with van der Waals surface area (Å²) in [5.41, 5.74) is 0.288. The van der Waals surface area contributed by atoms with Gasteiger partial charge in [-0.1, -0.05) is 18.2 Å². The molecule has 0 aliphatic carbocycles. The van der Waals surface area contributed by atoms with Crippen molar-refractivity contribution in [2.24, 2.45) is 0 Å². The first-order chi connectivity index (χ1) is 8.68. The number of carboxylic acids is 1. The van der Waals surface area contributed by atoms with E-state index in [1.54, 1.807) is 18.2 Å². The Morgan fingerprint density at radius 3 is 2.61 bits per heavy atom. The summed E-state index contributed by atoms with van der Waals surface area (Å²) in [6, 6.07) is 6.34. The topological polar surface area (TPSA) is 76.0 Å². The molecule has 98 valence electrons. The van der Waals surface area contributed by atoms with E-state index >= 15 is 0 Å². The van der Waals surface area contributed by atoms with Gasteiger partial charge in [0.15, 0.2) is 6.10 Å². The molecule has 1 fully saturated rings. The van der Waals surface area contributed by atoms with Gasteiger partial charge in [0.25, 0.3) is 0 Å². The van der Waals surface area contributed by atoms with Crippen molar-refractivity contribution in [2.45, 2.75) is 25.0 Å². The molecule has 0 spiro atoms. The number of aliphatic carboxylic acids is 1. The van der Waals surface area contributed by atoms with Crippen molar-refractivity contribution in [1.29, 1.82) is 0 Å². The zero-order valence-electron chi connectivity index (χ0n) is 9.91. The summed E-state index contributed by atoms with van der Waals surface area (Å²) in [5.74, 6) is -1.15. The summed E-state index contributed by atoms with van der Waals surface area (Å²) in [4.78, 5) is 11.3. The van der Waals surface area contributed by atoms with E-state index < -0.39 is 12.1 Å². The zero-order valence-corrected chi connectivity index (χ0v) is 9.91. The van der Waals surface area contributed by atoms with Gasteiger partial charge in [0.1, 0.15) is 5.75 Å². The number of carboxylic acid groups (broad SMARTS) is 1. The Morgan fingerprint density at radius 1 is 1.33 bits per heavy atom. The second-order valence-electron chi connectivity index (χ2n) is 4.22. The molecule has 0 amide bonds. The lowest BCUT2D eigenvalue weighted by atomic mass is 10.1. The molecule has 0 radical (unpaired) electrons. The number of para-hydroxylation sites is 1. The third-order valence-corrected chi connectivity index (χ3v) is 2.94. The zero-order chi connectivity index (χ0) is 13.0. The molecular weight excluding hydrogens is 236 g/mol. The van der Waals surface area contributed by atoms with Gasteiger partial charge in [0.2, 0.25) is 0 Å². The molecule has 1 saturated heterocycles. The Labute approximate surface area is 105 Å². The number of rotatable bonds is 4. The Kier molecular flexibility index (Phi) is 4.17. The monoisotopic (exact) mass is 252 g/mol. The summed E-state index contributed by atoms with van der Waals surface area (Å²) in [5, 5.41) is 18.9. The van der Waals surface area contributed by atoms with Crippen LogP contribution in [0.3, 0.4) is 0 Å². The number of aromatic hydroxyl groups is 1. The Morgan fingerprint density at radius 2 is 2.00 bits per heavy atom. The van der Waals surface area contributed by atoms with Crippen LogP contribution in [0, 0.1) is 0 Å². The normalized spacial score (nSPS) is 18.4. The van der Waals surface area contributed by atoms with Crippen molar-refractivity contribution in [3.05, 3.63) is 29.8 Å². The van der Waals surface area contributed by atoms with E-state index in [1.165, 1.54) is 6.07 Å². The van der Waals surface area contributed by atoms with Gasteiger partial charge in [0, 0.05) is 18.8 Å². The van der Waals surface area contributed by atoms with E-state index in [1.807, 2.05) is 0 Å². The van der Waals surface area contributed by atoms with Crippen LogP contribution >= 0.6 is 0 Å². The van der Waals surface area contributed by atoms with Gasteiger partial charge < -0.3 is 19.7 Å². The third-order valence-electron chi connectivity index (χ3n) is 2.94. The van der Waals surface area contributed by atoms with E-state index in [9.17, 15) is 15.0 Å². The van der Waals surface area contributed by atoms with Crippen LogP contribution in [0.25, 0.3) is 0 Å². The van der Waals surface area contributed by atoms with Crippen molar-refractivity contribution in [2.75, 3.05) is 13.2 Å². The predicted molar refractivity (Wildman–Crippen MR) is 63.4 cm³/mol. The molecule has 5 nitrogen and oxygen atoms in total. The van der Waals surface area contributed by atoms with Crippen LogP contribution in [0.4, 0.5) is 0 Å². The van der Waals surface area contributed by atoms with E-state index in [0.717, 1.165) is 0 Å². The first-order valence-corrected chi connectivity index (χ1v) is 5.92. The van der Waals surface area contributed by atoms with E-state index in [-0.39, 0.29) is 17.4 Å². The molecule has 1 unspecified atom stereocenters. The van der Waals surface area contributed by atoms with Crippen molar-refractivity contribution >= 4 is 5.97 Å². The standard InChI is InChI=1S/C13H16O5/c14-11-4-2-1-3-10(11)12(13(15)16)18-9-5-7-17-8-6-9/h1-4,9,12,14H,5-8H2,(H,15,16). The highest BCUT2D eigenvalue weighted by Crippen LogP contribution is 2.29. The first kappa shape index (κ1) is 12.9. The van der Waals surface area contributed by atoms with E-state index in [4.69, 9.17) is 9.47 Å². The molecule has 0 aromatic heterocycles. The minimum atomic E-state index is -1.13. The average molecular weight is 252 g/mol. The van der Waals surface area contributed by atoms with Crippen molar-refractivity contribution in [3.63, 3.8) is 0 Å². The van der Waals surface area contributed by atoms with Gasteiger partial charge in [0.05, 0.1) is 6.10 Å². The second-order valence-corrected chi connectivity index (χ2v) is 4.22. The second kappa shape index (κ2) is 5.84. The molecule has 1 heterocycles. The number of carbonyl (C=O) groups is 1. The fourth-order valence-electron chi connectivity index (χ4n) is 1.98. The van der Waals surface area contributed by atoms with E-state index in [0.29, 0.717) is 26.1 Å². The van der Waals surface area contributed by atoms with Crippen LogP contribution in [0.15, 0.2) is 24.3 Å². The molecular formula is C13H16O5. The van der Waals surface area contributed by atoms with Crippen LogP contribution in [0.5, 0.6) is 5.75 Å². The number of phenols is 1. The van der Waals surface area contributed by atoms with Crippen molar-refractivity contribution < 1.29 is 24.5 Å². The number of hydrogen-bond acceptors (Lipinski definition) is 4.